The van der Waals surface area contributed by atoms with Crippen molar-refractivity contribution in [2.45, 2.75) is 25.0 Å². The lowest BCUT2D eigenvalue weighted by Gasteiger charge is -2.44. The fourth-order valence-electron chi connectivity index (χ4n) is 4.55. The van der Waals surface area contributed by atoms with Gasteiger partial charge in [-0.2, -0.15) is 0 Å². The van der Waals surface area contributed by atoms with E-state index >= 15 is 0 Å². The van der Waals surface area contributed by atoms with Gasteiger partial charge in [-0.05, 0) is 6.07 Å². The Morgan fingerprint density at radius 1 is 1.36 bits per heavy atom. The molecule has 148 valence electrons. The molecule has 0 aliphatic carbocycles. The van der Waals surface area contributed by atoms with Gasteiger partial charge in [0.1, 0.15) is 5.75 Å². The van der Waals surface area contributed by atoms with Crippen molar-refractivity contribution in [3.63, 3.8) is 0 Å². The monoisotopic (exact) mass is 383 g/mol. The smallest absolute Gasteiger partial charge is 0.251 e. The maximum Gasteiger partial charge on any atom is 0.251 e. The van der Waals surface area contributed by atoms with E-state index in [-0.39, 0.29) is 29.8 Å². The average Bonchev–Trinajstić information content (AvgIpc) is 2.98. The minimum atomic E-state index is -0.555. The first kappa shape index (κ1) is 18.6. The number of nitrogens with zero attached hydrogens (tertiary/aromatic N) is 1. The summed E-state index contributed by atoms with van der Waals surface area (Å²) in [5.41, 5.74) is 2.18. The van der Waals surface area contributed by atoms with Crippen LogP contribution in [0, 0.1) is 5.92 Å². The van der Waals surface area contributed by atoms with E-state index in [1.54, 1.807) is 12.0 Å². The topological polar surface area (TPSA) is 79.9 Å². The number of hydrogen-bond donors (Lipinski definition) is 2. The van der Waals surface area contributed by atoms with E-state index in [2.05, 4.69) is 17.2 Å². The summed E-state index contributed by atoms with van der Waals surface area (Å²) in [6, 6.07) is 6.66. The van der Waals surface area contributed by atoms with E-state index in [1.165, 1.54) is 6.92 Å². The second-order valence-electron chi connectivity index (χ2n) is 7.32. The van der Waals surface area contributed by atoms with Crippen molar-refractivity contribution < 1.29 is 19.1 Å². The van der Waals surface area contributed by atoms with E-state index in [4.69, 9.17) is 9.47 Å². The Labute approximate surface area is 164 Å². The van der Waals surface area contributed by atoms with Gasteiger partial charge in [0.2, 0.25) is 5.91 Å². The maximum atomic E-state index is 12.9. The molecule has 1 aromatic rings. The van der Waals surface area contributed by atoms with Crippen LogP contribution in [0.4, 0.5) is 0 Å². The van der Waals surface area contributed by atoms with Crippen molar-refractivity contribution in [1.82, 2.24) is 15.5 Å². The summed E-state index contributed by atoms with van der Waals surface area (Å²) >= 11 is 0. The number of nitrogens with one attached hydrogen (secondary N) is 2. The number of para-hydroxylation sites is 1. The third-order valence-electron chi connectivity index (χ3n) is 5.82. The molecule has 2 N–H and O–H groups in total. The Kier molecular flexibility index (Phi) is 4.85. The van der Waals surface area contributed by atoms with Gasteiger partial charge in [-0.1, -0.05) is 24.3 Å². The van der Waals surface area contributed by atoms with Crippen molar-refractivity contribution in [2.24, 2.45) is 5.92 Å². The number of carbonyl (C=O) groups is 2. The highest BCUT2D eigenvalue weighted by Crippen LogP contribution is 2.42. The number of benzene rings is 1. The Bertz CT molecular complexity index is 850. The van der Waals surface area contributed by atoms with E-state index in [1.807, 2.05) is 30.3 Å². The molecule has 3 heterocycles. The molecule has 3 aliphatic heterocycles. The van der Waals surface area contributed by atoms with Crippen LogP contribution in [-0.4, -0.2) is 55.7 Å². The lowest BCUT2D eigenvalue weighted by atomic mass is 9.89. The first-order valence-electron chi connectivity index (χ1n) is 9.46. The zero-order valence-corrected chi connectivity index (χ0v) is 16.1. The minimum absolute atomic E-state index is 0.0291. The summed E-state index contributed by atoms with van der Waals surface area (Å²) in [5, 5.41) is 6.45. The molecule has 0 spiro atoms. The Hall–Kier alpha value is -2.80. The lowest BCUT2D eigenvalue weighted by molar-refractivity contribution is -0.138. The van der Waals surface area contributed by atoms with Gasteiger partial charge in [0, 0.05) is 24.1 Å². The molecule has 4 unspecified atom stereocenters. The highest BCUT2D eigenvalue weighted by Gasteiger charge is 2.48. The van der Waals surface area contributed by atoms with Crippen LogP contribution in [0.25, 0.3) is 0 Å². The van der Waals surface area contributed by atoms with Crippen LogP contribution in [0.1, 0.15) is 18.5 Å². The van der Waals surface area contributed by atoms with Crippen LogP contribution in [0.5, 0.6) is 5.75 Å². The lowest BCUT2D eigenvalue weighted by Crippen LogP contribution is -2.59. The molecular formula is C21H25N3O4. The van der Waals surface area contributed by atoms with Crippen LogP contribution in [0.2, 0.25) is 0 Å². The van der Waals surface area contributed by atoms with E-state index < -0.39 is 6.04 Å². The normalized spacial score (nSPS) is 29.2. The van der Waals surface area contributed by atoms with E-state index in [9.17, 15) is 9.59 Å². The summed E-state index contributed by atoms with van der Waals surface area (Å²) in [6.07, 6.45) is 1.86. The highest BCUT2D eigenvalue weighted by atomic mass is 16.5. The zero-order chi connectivity index (χ0) is 19.8. The number of methoxy groups -OCH3 is 1. The van der Waals surface area contributed by atoms with Crippen molar-refractivity contribution >= 4 is 11.8 Å². The van der Waals surface area contributed by atoms with Gasteiger partial charge in [-0.15, -0.1) is 6.58 Å². The highest BCUT2D eigenvalue weighted by molar-refractivity contribution is 5.99. The summed E-state index contributed by atoms with van der Waals surface area (Å²) < 4.78 is 11.4. The average molecular weight is 383 g/mol. The Balaban J connectivity index is 1.93. The van der Waals surface area contributed by atoms with Crippen molar-refractivity contribution in [3.8, 4) is 5.75 Å². The number of ether oxygens (including phenoxy) is 2. The predicted octanol–water partition coefficient (Wildman–Crippen LogP) is 1.14. The molecule has 0 aromatic heterocycles. The number of rotatable bonds is 3. The summed E-state index contributed by atoms with van der Waals surface area (Å²) in [6.45, 7) is 6.82. The van der Waals surface area contributed by atoms with Crippen molar-refractivity contribution in [3.05, 3.63) is 53.8 Å². The van der Waals surface area contributed by atoms with Gasteiger partial charge in [-0.3, -0.25) is 9.59 Å². The van der Waals surface area contributed by atoms with Crippen LogP contribution in [0.15, 0.2) is 48.2 Å². The largest absolute Gasteiger partial charge is 0.496 e. The van der Waals surface area contributed by atoms with Crippen LogP contribution >= 0.6 is 0 Å². The number of fused-ring (bicyclic) bond motifs is 1. The molecule has 1 fully saturated rings. The molecule has 4 atom stereocenters. The SMILES string of the molecule is C=CC1COCC2C1NC1=C(C(=O)NC1)C(c1ccccc1OC)N2C(C)=O. The molecule has 7 heteroatoms. The quantitative estimate of drug-likeness (QED) is 0.766. The maximum absolute atomic E-state index is 12.9. The van der Waals surface area contributed by atoms with Gasteiger partial charge in [0.15, 0.2) is 0 Å². The molecule has 1 saturated heterocycles. The Morgan fingerprint density at radius 3 is 2.86 bits per heavy atom. The molecule has 2 amide bonds. The molecular weight excluding hydrogens is 358 g/mol. The molecule has 1 aromatic carbocycles. The van der Waals surface area contributed by atoms with Gasteiger partial charge in [0.25, 0.3) is 5.91 Å². The van der Waals surface area contributed by atoms with Crippen molar-refractivity contribution in [2.75, 3.05) is 26.9 Å². The number of carbonyl (C=O) groups excluding carboxylic acids is 2. The first-order valence-corrected chi connectivity index (χ1v) is 9.46. The fourth-order valence-corrected chi connectivity index (χ4v) is 4.55. The summed E-state index contributed by atoms with van der Waals surface area (Å²) in [5.74, 6) is 0.385. The predicted molar refractivity (Wildman–Crippen MR) is 104 cm³/mol. The summed E-state index contributed by atoms with van der Waals surface area (Å²) in [7, 11) is 1.59. The van der Waals surface area contributed by atoms with Crippen LogP contribution in [0.3, 0.4) is 0 Å². The first-order chi connectivity index (χ1) is 13.6. The molecule has 4 rings (SSSR count). The van der Waals surface area contributed by atoms with Gasteiger partial charge < -0.3 is 25.0 Å². The molecule has 0 bridgehead atoms. The fraction of sp³-hybridized carbons (Fsp3) is 0.429. The Morgan fingerprint density at radius 2 is 2.14 bits per heavy atom. The number of amides is 2. The minimum Gasteiger partial charge on any atom is -0.496 e. The zero-order valence-electron chi connectivity index (χ0n) is 16.1. The molecule has 7 nitrogen and oxygen atoms in total. The van der Waals surface area contributed by atoms with Gasteiger partial charge >= 0.3 is 0 Å². The van der Waals surface area contributed by atoms with E-state index in [0.29, 0.717) is 31.1 Å². The molecule has 0 saturated carbocycles. The number of hydrogen-bond acceptors (Lipinski definition) is 5. The third kappa shape index (κ3) is 2.86. The summed E-state index contributed by atoms with van der Waals surface area (Å²) in [4.78, 5) is 27.5. The van der Waals surface area contributed by atoms with E-state index in [0.717, 1.165) is 11.3 Å². The molecule has 28 heavy (non-hydrogen) atoms. The standard InChI is InChI=1S/C21H25N3O4/c1-4-13-10-28-11-16-19(13)23-15-9-22-21(26)18(15)20(24(16)12(2)25)14-7-5-6-8-17(14)27-3/h4-8,13,16,19-20,23H,1,9-11H2,2-3H3,(H,22,26). The third-order valence-corrected chi connectivity index (χ3v) is 5.82. The van der Waals surface area contributed by atoms with Crippen molar-refractivity contribution in [1.29, 1.82) is 0 Å². The molecule has 0 radical (unpaired) electrons. The van der Waals surface area contributed by atoms with Crippen LogP contribution < -0.4 is 15.4 Å². The van der Waals surface area contributed by atoms with Crippen LogP contribution in [-0.2, 0) is 14.3 Å². The second kappa shape index (κ2) is 7.31. The second-order valence-corrected chi connectivity index (χ2v) is 7.32. The van der Waals surface area contributed by atoms with Gasteiger partial charge in [-0.25, -0.2) is 0 Å². The molecule has 3 aliphatic rings. The van der Waals surface area contributed by atoms with Gasteiger partial charge in [0.05, 0.1) is 50.6 Å².